The first kappa shape index (κ1) is 41.0. The van der Waals surface area contributed by atoms with E-state index in [-0.39, 0.29) is 42.2 Å². The molecule has 4 rings (SSSR count). The number of aryl methyl sites for hydroxylation is 1. The molecule has 0 bridgehead atoms. The van der Waals surface area contributed by atoms with E-state index in [9.17, 15) is 27.7 Å². The van der Waals surface area contributed by atoms with Crippen LogP contribution < -0.4 is 9.47 Å². The number of amides is 2. The molecule has 12 heteroatoms. The van der Waals surface area contributed by atoms with E-state index in [1.54, 1.807) is 56.1 Å². The molecule has 2 amide bonds. The van der Waals surface area contributed by atoms with Crippen LogP contribution >= 0.6 is 11.8 Å². The van der Waals surface area contributed by atoms with Crippen molar-refractivity contribution in [3.8, 4) is 17.2 Å². The third-order valence-corrected chi connectivity index (χ3v) is 10.4. The molecule has 0 radical (unpaired) electrons. The number of aromatic hydroxyl groups is 1. The van der Waals surface area contributed by atoms with Crippen LogP contribution in [-0.4, -0.2) is 70.8 Å². The van der Waals surface area contributed by atoms with E-state index in [0.717, 1.165) is 12.2 Å². The fourth-order valence-electron chi connectivity index (χ4n) is 4.93. The number of hydrogen-bond donors (Lipinski definition) is 1. The topological polar surface area (TPSA) is 96.4 Å². The molecule has 1 atom stereocenters. The number of benzene rings is 4. The van der Waals surface area contributed by atoms with Gasteiger partial charge in [-0.1, -0.05) is 17.7 Å². The van der Waals surface area contributed by atoms with Gasteiger partial charge in [0.15, 0.2) is 0 Å². The number of hydrogen-bond acceptors (Lipinski definition) is 7. The van der Waals surface area contributed by atoms with E-state index in [1.165, 1.54) is 64.9 Å². The van der Waals surface area contributed by atoms with E-state index in [0.29, 0.717) is 52.7 Å². The molecule has 1 unspecified atom stereocenters. The van der Waals surface area contributed by atoms with Gasteiger partial charge in [0.2, 0.25) is 11.8 Å². The van der Waals surface area contributed by atoms with Crippen molar-refractivity contribution in [2.45, 2.75) is 55.5 Å². The van der Waals surface area contributed by atoms with Crippen molar-refractivity contribution in [2.24, 2.45) is 0 Å². The maximum atomic E-state index is 13.4. The average molecular weight is 741 g/mol. The molecule has 0 saturated heterocycles. The van der Waals surface area contributed by atoms with Crippen molar-refractivity contribution < 1.29 is 37.2 Å². The van der Waals surface area contributed by atoms with Crippen LogP contribution in [0, 0.1) is 18.6 Å². The van der Waals surface area contributed by atoms with E-state index < -0.39 is 10.8 Å². The van der Waals surface area contributed by atoms with Gasteiger partial charge in [-0.25, -0.2) is 8.78 Å². The number of phenols is 1. The third kappa shape index (κ3) is 14.0. The fourth-order valence-corrected chi connectivity index (χ4v) is 6.86. The molecule has 274 valence electrons. The van der Waals surface area contributed by atoms with Crippen molar-refractivity contribution in [1.29, 1.82) is 0 Å². The number of rotatable bonds is 16. The number of carbonyl (C=O) groups excluding carboxylic acids is 2. The molecule has 0 aromatic heterocycles. The molecule has 0 heterocycles. The lowest BCUT2D eigenvalue weighted by molar-refractivity contribution is -0.131. The zero-order chi connectivity index (χ0) is 37.3. The van der Waals surface area contributed by atoms with Crippen LogP contribution in [-0.2, 0) is 33.5 Å². The lowest BCUT2D eigenvalue weighted by atomic mass is 10.1. The summed E-state index contributed by atoms with van der Waals surface area (Å²) < 4.78 is 49.4. The van der Waals surface area contributed by atoms with Crippen molar-refractivity contribution in [3.63, 3.8) is 0 Å². The van der Waals surface area contributed by atoms with Crippen LogP contribution in [0.1, 0.15) is 42.4 Å². The first-order chi connectivity index (χ1) is 24.4. The molecule has 4 aromatic carbocycles. The maximum Gasteiger partial charge on any atom is 0.222 e. The summed E-state index contributed by atoms with van der Waals surface area (Å²) in [6, 6.07) is 23.1. The predicted molar refractivity (Wildman–Crippen MR) is 199 cm³/mol. The second-order valence-corrected chi connectivity index (χ2v) is 14.6. The molecule has 0 aliphatic rings. The third-order valence-electron chi connectivity index (χ3n) is 7.80. The summed E-state index contributed by atoms with van der Waals surface area (Å²) in [6.07, 6.45) is 2.00. The van der Waals surface area contributed by atoms with E-state index in [2.05, 4.69) is 31.2 Å². The van der Waals surface area contributed by atoms with Gasteiger partial charge >= 0.3 is 0 Å². The molecular formula is C39H46F2N2O6S2. The van der Waals surface area contributed by atoms with Crippen molar-refractivity contribution >= 4 is 34.4 Å². The summed E-state index contributed by atoms with van der Waals surface area (Å²) in [5.74, 6) is 1.72. The Kier molecular flexibility index (Phi) is 16.9. The Balaban J connectivity index is 0.000000276. The number of phenolic OH excluding ortho intramolecular Hbond substituents is 1. The fraction of sp³-hybridized carbons (Fsp3) is 0.333. The van der Waals surface area contributed by atoms with E-state index >= 15 is 0 Å². The maximum absolute atomic E-state index is 13.4. The van der Waals surface area contributed by atoms with Crippen LogP contribution in [0.2, 0.25) is 0 Å². The highest BCUT2D eigenvalue weighted by molar-refractivity contribution is 7.99. The Morgan fingerprint density at radius 1 is 0.745 bits per heavy atom. The minimum Gasteiger partial charge on any atom is -0.508 e. The summed E-state index contributed by atoms with van der Waals surface area (Å²) in [4.78, 5) is 29.5. The van der Waals surface area contributed by atoms with Gasteiger partial charge in [0.1, 0.15) is 28.9 Å². The highest BCUT2D eigenvalue weighted by Crippen LogP contribution is 2.23. The minimum absolute atomic E-state index is 0.0517. The van der Waals surface area contributed by atoms with Crippen molar-refractivity contribution in [2.75, 3.05) is 39.8 Å². The second kappa shape index (κ2) is 21.1. The average Bonchev–Trinajstić information content (AvgIpc) is 3.11. The van der Waals surface area contributed by atoms with Gasteiger partial charge in [0.25, 0.3) is 0 Å². The number of thioether (sulfide) groups is 1. The van der Waals surface area contributed by atoms with Gasteiger partial charge in [0.05, 0.1) is 25.0 Å². The first-order valence-electron chi connectivity index (χ1n) is 16.4. The number of methoxy groups -OCH3 is 2. The Morgan fingerprint density at radius 3 is 1.73 bits per heavy atom. The largest absolute Gasteiger partial charge is 0.508 e. The minimum atomic E-state index is -1.22. The van der Waals surface area contributed by atoms with Gasteiger partial charge in [-0.15, -0.1) is 11.8 Å². The Bertz CT molecular complexity index is 1740. The van der Waals surface area contributed by atoms with Crippen LogP contribution in [0.15, 0.2) is 94.7 Å². The summed E-state index contributed by atoms with van der Waals surface area (Å²) in [6.45, 7) is 2.64. The number of ether oxygens (including phenoxy) is 2. The van der Waals surface area contributed by atoms with Gasteiger partial charge in [-0.05, 0) is 98.3 Å². The normalized spacial score (nSPS) is 11.2. The molecule has 4 aromatic rings. The molecule has 0 aliphatic heterocycles. The Labute approximate surface area is 306 Å². The second-order valence-electron chi connectivity index (χ2n) is 11.8. The van der Waals surface area contributed by atoms with Crippen LogP contribution in [0.3, 0.4) is 0 Å². The highest BCUT2D eigenvalue weighted by Gasteiger charge is 2.15. The standard InChI is InChI=1S/C20H24FNO2S.C19H22FNO4S/c1-15-6-9-18(10-7-15)25-12-4-5-20(23)22(2)14-16-13-17(21)8-11-19(16)24-3;1-21(13-14-12-15(20)5-10-18(14)25-2)19(23)4-3-11-26(24)17-8-6-16(22)7-9-17/h6-11,13H,4-5,12,14H2,1-3H3;5-10,12,22H,3-4,11,13H2,1-2H3. The molecule has 0 aliphatic carbocycles. The van der Waals surface area contributed by atoms with Crippen LogP contribution in [0.25, 0.3) is 0 Å². The predicted octanol–water partition coefficient (Wildman–Crippen LogP) is 7.76. The molecule has 8 nitrogen and oxygen atoms in total. The molecular weight excluding hydrogens is 695 g/mol. The molecule has 0 fully saturated rings. The molecule has 0 spiro atoms. The van der Waals surface area contributed by atoms with Gasteiger partial charge < -0.3 is 24.4 Å². The first-order valence-corrected chi connectivity index (χ1v) is 18.7. The smallest absolute Gasteiger partial charge is 0.222 e. The van der Waals surface area contributed by atoms with Gasteiger partial charge in [-0.3, -0.25) is 13.8 Å². The van der Waals surface area contributed by atoms with E-state index in [1.807, 2.05) is 0 Å². The Morgan fingerprint density at radius 2 is 1.24 bits per heavy atom. The van der Waals surface area contributed by atoms with Gasteiger partial charge in [0, 0.05) is 66.7 Å². The zero-order valence-electron chi connectivity index (χ0n) is 29.7. The monoisotopic (exact) mass is 740 g/mol. The summed E-state index contributed by atoms with van der Waals surface area (Å²) in [5, 5.41) is 9.24. The highest BCUT2D eigenvalue weighted by atomic mass is 32.2. The summed E-state index contributed by atoms with van der Waals surface area (Å²) in [5.41, 5.74) is 2.51. The van der Waals surface area contributed by atoms with Crippen molar-refractivity contribution in [1.82, 2.24) is 9.80 Å². The SMILES string of the molecule is COc1ccc(F)cc1CN(C)C(=O)CCCS(=O)c1ccc(O)cc1.COc1ccc(F)cc1CN(C)C(=O)CCCSc1ccc(C)cc1. The van der Waals surface area contributed by atoms with Gasteiger partial charge in [-0.2, -0.15) is 0 Å². The number of nitrogens with zero attached hydrogens (tertiary/aromatic N) is 2. The van der Waals surface area contributed by atoms with E-state index in [4.69, 9.17) is 9.47 Å². The molecule has 51 heavy (non-hydrogen) atoms. The van der Waals surface area contributed by atoms with Crippen molar-refractivity contribution in [3.05, 3.63) is 113 Å². The lowest BCUT2D eigenvalue weighted by Crippen LogP contribution is -2.26. The van der Waals surface area contributed by atoms with Crippen LogP contribution in [0.5, 0.6) is 17.2 Å². The zero-order valence-corrected chi connectivity index (χ0v) is 31.3. The number of halogens is 2. The quantitative estimate of drug-likeness (QED) is 0.0927. The summed E-state index contributed by atoms with van der Waals surface area (Å²) >= 11 is 1.75. The lowest BCUT2D eigenvalue weighted by Gasteiger charge is -2.19. The molecule has 1 N–H and O–H groups in total. The summed E-state index contributed by atoms with van der Waals surface area (Å²) in [7, 11) is 5.20. The van der Waals surface area contributed by atoms with Crippen LogP contribution in [0.4, 0.5) is 8.78 Å². The number of carbonyl (C=O) groups is 2. The Hall–Kier alpha value is -4.42. The molecule has 0 saturated carbocycles.